The maximum absolute atomic E-state index is 13.3. The van der Waals surface area contributed by atoms with Crippen molar-refractivity contribution in [2.75, 3.05) is 5.75 Å². The van der Waals surface area contributed by atoms with Crippen molar-refractivity contribution in [3.8, 4) is 5.69 Å². The Morgan fingerprint density at radius 3 is 2.57 bits per heavy atom. The molecule has 0 aliphatic rings. The number of carbonyl (C=O) groups is 1. The van der Waals surface area contributed by atoms with E-state index in [0.717, 1.165) is 10.0 Å². The molecule has 0 amide bonds. The van der Waals surface area contributed by atoms with Crippen molar-refractivity contribution in [3.05, 3.63) is 97.7 Å². The first-order valence-corrected chi connectivity index (χ1v) is 11.3. The highest BCUT2D eigenvalue weighted by atomic mass is 79.9. The lowest BCUT2D eigenvalue weighted by Gasteiger charge is -2.14. The molecule has 4 rings (SSSR count). The van der Waals surface area contributed by atoms with E-state index in [-0.39, 0.29) is 17.1 Å². The zero-order chi connectivity index (χ0) is 21.3. The fraction of sp³-hybridized carbons (Fsp3) is 0.0870. The molecule has 7 heteroatoms. The summed E-state index contributed by atoms with van der Waals surface area (Å²) in [7, 11) is 0. The highest BCUT2D eigenvalue weighted by Gasteiger charge is 2.16. The SMILES string of the molecule is Cc1ccc(-n2c(SCC(=O)c3ccc(Br)cc3)nc3ccccc3c2=O)cc1Cl. The Morgan fingerprint density at radius 1 is 1.10 bits per heavy atom. The maximum atomic E-state index is 13.3. The van der Waals surface area contributed by atoms with Gasteiger partial charge in [-0.25, -0.2) is 4.98 Å². The maximum Gasteiger partial charge on any atom is 0.266 e. The Labute approximate surface area is 191 Å². The average Bonchev–Trinajstić information content (AvgIpc) is 2.75. The van der Waals surface area contributed by atoms with E-state index in [4.69, 9.17) is 11.6 Å². The van der Waals surface area contributed by atoms with Crippen molar-refractivity contribution >= 4 is 56.0 Å². The molecule has 4 aromatic rings. The van der Waals surface area contributed by atoms with Crippen LogP contribution < -0.4 is 5.56 Å². The van der Waals surface area contributed by atoms with Crippen LogP contribution in [-0.2, 0) is 0 Å². The number of aromatic nitrogens is 2. The summed E-state index contributed by atoms with van der Waals surface area (Å²) in [5, 5.41) is 1.52. The van der Waals surface area contributed by atoms with Gasteiger partial charge in [-0.05, 0) is 48.9 Å². The standard InChI is InChI=1S/C23H16BrClN2O2S/c1-14-6-11-17(12-19(14)25)27-22(29)18-4-2-3-5-20(18)26-23(27)30-13-21(28)15-7-9-16(24)10-8-15/h2-12H,13H2,1H3. The lowest BCUT2D eigenvalue weighted by molar-refractivity contribution is 0.102. The van der Waals surface area contributed by atoms with Gasteiger partial charge in [-0.2, -0.15) is 0 Å². The molecule has 0 aliphatic carbocycles. The van der Waals surface area contributed by atoms with Crippen LogP contribution in [0.2, 0.25) is 5.02 Å². The Hall–Kier alpha value is -2.41. The number of thioether (sulfide) groups is 1. The number of hydrogen-bond acceptors (Lipinski definition) is 4. The molecule has 0 bridgehead atoms. The van der Waals surface area contributed by atoms with Gasteiger partial charge in [0.2, 0.25) is 0 Å². The molecule has 30 heavy (non-hydrogen) atoms. The van der Waals surface area contributed by atoms with Gasteiger partial charge in [0.25, 0.3) is 5.56 Å². The number of nitrogens with zero attached hydrogens (tertiary/aromatic N) is 2. The second-order valence-corrected chi connectivity index (χ2v) is 8.97. The molecule has 0 atom stereocenters. The van der Waals surface area contributed by atoms with Gasteiger partial charge in [-0.15, -0.1) is 0 Å². The van der Waals surface area contributed by atoms with Crippen LogP contribution >= 0.6 is 39.3 Å². The Balaban J connectivity index is 1.77. The normalized spacial score (nSPS) is 11.0. The van der Waals surface area contributed by atoms with E-state index in [1.807, 2.05) is 43.3 Å². The lowest BCUT2D eigenvalue weighted by atomic mass is 10.2. The Morgan fingerprint density at radius 2 is 1.83 bits per heavy atom. The van der Waals surface area contributed by atoms with Gasteiger partial charge >= 0.3 is 0 Å². The van der Waals surface area contributed by atoms with E-state index < -0.39 is 0 Å². The molecule has 3 aromatic carbocycles. The number of benzene rings is 3. The molecular weight excluding hydrogens is 484 g/mol. The molecule has 150 valence electrons. The van der Waals surface area contributed by atoms with Gasteiger partial charge in [0.05, 0.1) is 22.3 Å². The summed E-state index contributed by atoms with van der Waals surface area (Å²) < 4.78 is 2.43. The average molecular weight is 500 g/mol. The minimum atomic E-state index is -0.195. The van der Waals surface area contributed by atoms with Gasteiger partial charge in [0, 0.05) is 15.1 Å². The lowest BCUT2D eigenvalue weighted by Crippen LogP contribution is -2.22. The molecule has 0 saturated carbocycles. The van der Waals surface area contributed by atoms with Crippen molar-refractivity contribution in [3.63, 3.8) is 0 Å². The highest BCUT2D eigenvalue weighted by Crippen LogP contribution is 2.25. The Bertz CT molecular complexity index is 1320. The second-order valence-electron chi connectivity index (χ2n) is 6.70. The highest BCUT2D eigenvalue weighted by molar-refractivity contribution is 9.10. The molecule has 4 nitrogen and oxygen atoms in total. The molecule has 0 radical (unpaired) electrons. The quantitative estimate of drug-likeness (QED) is 0.190. The summed E-state index contributed by atoms with van der Waals surface area (Å²) in [4.78, 5) is 30.6. The van der Waals surface area contributed by atoms with Gasteiger partial charge in [0.1, 0.15) is 0 Å². The zero-order valence-corrected chi connectivity index (χ0v) is 19.1. The molecule has 1 aromatic heterocycles. The molecule has 0 saturated heterocycles. The number of carbonyl (C=O) groups excluding carboxylic acids is 1. The number of aryl methyl sites for hydroxylation is 1. The van der Waals surface area contributed by atoms with Crippen molar-refractivity contribution in [1.29, 1.82) is 0 Å². The summed E-state index contributed by atoms with van der Waals surface area (Å²) in [5.74, 6) is 0.120. The van der Waals surface area contributed by atoms with Crippen LogP contribution in [0.4, 0.5) is 0 Å². The summed E-state index contributed by atoms with van der Waals surface area (Å²) in [6, 6.07) is 19.8. The number of fused-ring (bicyclic) bond motifs is 1. The molecule has 0 N–H and O–H groups in total. The second kappa shape index (κ2) is 8.76. The molecule has 0 aliphatic heterocycles. The topological polar surface area (TPSA) is 52.0 Å². The first kappa shape index (κ1) is 20.8. The molecule has 0 unspecified atom stereocenters. The van der Waals surface area contributed by atoms with E-state index in [1.54, 1.807) is 30.3 Å². The number of halogens is 2. The monoisotopic (exact) mass is 498 g/mol. The van der Waals surface area contributed by atoms with Crippen molar-refractivity contribution in [2.24, 2.45) is 0 Å². The van der Waals surface area contributed by atoms with E-state index in [0.29, 0.717) is 32.3 Å². The third kappa shape index (κ3) is 4.21. The Kier molecular flexibility index (Phi) is 6.09. The number of hydrogen-bond donors (Lipinski definition) is 0. The van der Waals surface area contributed by atoms with Crippen LogP contribution in [0.3, 0.4) is 0 Å². The number of para-hydroxylation sites is 1. The van der Waals surface area contributed by atoms with Crippen LogP contribution in [-0.4, -0.2) is 21.1 Å². The van der Waals surface area contributed by atoms with Crippen LogP contribution in [0.1, 0.15) is 15.9 Å². The predicted molar refractivity (Wildman–Crippen MR) is 126 cm³/mol. The molecular formula is C23H16BrClN2O2S. The van der Waals surface area contributed by atoms with Crippen molar-refractivity contribution in [2.45, 2.75) is 12.1 Å². The molecule has 0 spiro atoms. The van der Waals surface area contributed by atoms with Gasteiger partial charge < -0.3 is 0 Å². The van der Waals surface area contributed by atoms with Crippen LogP contribution in [0.25, 0.3) is 16.6 Å². The first-order valence-electron chi connectivity index (χ1n) is 9.14. The van der Waals surface area contributed by atoms with Gasteiger partial charge in [0.15, 0.2) is 10.9 Å². The number of ketones is 1. The minimum absolute atomic E-state index is 0.0385. The largest absolute Gasteiger partial charge is 0.293 e. The zero-order valence-electron chi connectivity index (χ0n) is 15.9. The van der Waals surface area contributed by atoms with E-state index in [9.17, 15) is 9.59 Å². The summed E-state index contributed by atoms with van der Waals surface area (Å²) >= 11 is 10.9. The minimum Gasteiger partial charge on any atom is -0.293 e. The van der Waals surface area contributed by atoms with Gasteiger partial charge in [-0.3, -0.25) is 14.2 Å². The summed E-state index contributed by atoms with van der Waals surface area (Å²) in [6.45, 7) is 1.90. The van der Waals surface area contributed by atoms with E-state index in [1.165, 1.54) is 16.3 Å². The number of Topliss-reactive ketones (excluding diaryl/α,β-unsaturated/α-hetero) is 1. The fourth-order valence-corrected chi connectivity index (χ4v) is 4.35. The first-order chi connectivity index (χ1) is 14.4. The van der Waals surface area contributed by atoms with Crippen molar-refractivity contribution in [1.82, 2.24) is 9.55 Å². The third-order valence-corrected chi connectivity index (χ3v) is 6.53. The number of rotatable bonds is 5. The third-order valence-electron chi connectivity index (χ3n) is 4.66. The molecule has 0 fully saturated rings. The van der Waals surface area contributed by atoms with Crippen molar-refractivity contribution < 1.29 is 4.79 Å². The summed E-state index contributed by atoms with van der Waals surface area (Å²) in [5.41, 5.74) is 2.54. The molecule has 1 heterocycles. The summed E-state index contributed by atoms with van der Waals surface area (Å²) in [6.07, 6.45) is 0. The van der Waals surface area contributed by atoms with E-state index >= 15 is 0 Å². The van der Waals surface area contributed by atoms with E-state index in [2.05, 4.69) is 20.9 Å². The van der Waals surface area contributed by atoms with Crippen LogP contribution in [0, 0.1) is 6.92 Å². The fourth-order valence-electron chi connectivity index (χ4n) is 3.01. The smallest absolute Gasteiger partial charge is 0.266 e. The van der Waals surface area contributed by atoms with Gasteiger partial charge in [-0.1, -0.05) is 69.6 Å². The predicted octanol–water partition coefficient (Wildman–Crippen LogP) is 6.09. The van der Waals surface area contributed by atoms with Crippen LogP contribution in [0.15, 0.2) is 81.2 Å². The van der Waals surface area contributed by atoms with Crippen LogP contribution in [0.5, 0.6) is 0 Å².